The molecule has 1 aromatic rings. The SMILES string of the molecule is CCC(CC)(C(=O)N(C)c1cccc(OC)c1)C(N)=S. The fourth-order valence-corrected chi connectivity index (χ4v) is 2.64. The summed E-state index contributed by atoms with van der Waals surface area (Å²) in [6, 6.07) is 7.35. The Morgan fingerprint density at radius 1 is 1.40 bits per heavy atom. The lowest BCUT2D eigenvalue weighted by molar-refractivity contribution is -0.124. The summed E-state index contributed by atoms with van der Waals surface area (Å²) < 4.78 is 5.18. The summed E-state index contributed by atoms with van der Waals surface area (Å²) in [4.78, 5) is 14.6. The molecule has 0 spiro atoms. The molecule has 0 fully saturated rings. The molecule has 0 aliphatic rings. The maximum Gasteiger partial charge on any atom is 0.239 e. The highest BCUT2D eigenvalue weighted by Crippen LogP contribution is 2.32. The normalized spacial score (nSPS) is 11.0. The van der Waals surface area contributed by atoms with E-state index in [0.717, 1.165) is 5.69 Å². The Morgan fingerprint density at radius 2 is 2.00 bits per heavy atom. The second-order valence-corrected chi connectivity index (χ2v) is 5.16. The topological polar surface area (TPSA) is 55.6 Å². The van der Waals surface area contributed by atoms with E-state index in [0.29, 0.717) is 18.6 Å². The van der Waals surface area contributed by atoms with E-state index in [4.69, 9.17) is 22.7 Å². The summed E-state index contributed by atoms with van der Waals surface area (Å²) in [5, 5.41) is 0. The molecule has 0 radical (unpaired) electrons. The van der Waals surface area contributed by atoms with Gasteiger partial charge in [0.15, 0.2) is 0 Å². The lowest BCUT2D eigenvalue weighted by Crippen LogP contribution is -2.49. The molecule has 0 atom stereocenters. The summed E-state index contributed by atoms with van der Waals surface area (Å²) in [7, 11) is 3.33. The van der Waals surface area contributed by atoms with Crippen molar-refractivity contribution in [2.45, 2.75) is 26.7 Å². The molecule has 1 amide bonds. The van der Waals surface area contributed by atoms with E-state index in [1.54, 1.807) is 19.1 Å². The first-order valence-corrected chi connectivity index (χ1v) is 7.05. The van der Waals surface area contributed by atoms with Crippen molar-refractivity contribution in [3.05, 3.63) is 24.3 Å². The number of nitrogens with zero attached hydrogens (tertiary/aromatic N) is 1. The number of carbonyl (C=O) groups is 1. The Labute approximate surface area is 125 Å². The number of ether oxygens (including phenoxy) is 1. The van der Waals surface area contributed by atoms with E-state index in [2.05, 4.69) is 0 Å². The largest absolute Gasteiger partial charge is 0.497 e. The lowest BCUT2D eigenvalue weighted by Gasteiger charge is -2.33. The zero-order valence-corrected chi connectivity index (χ0v) is 13.3. The fourth-order valence-electron chi connectivity index (χ4n) is 2.26. The van der Waals surface area contributed by atoms with E-state index in [-0.39, 0.29) is 10.9 Å². The van der Waals surface area contributed by atoms with E-state index in [9.17, 15) is 4.79 Å². The number of anilines is 1. The van der Waals surface area contributed by atoms with Gasteiger partial charge in [0, 0.05) is 18.8 Å². The van der Waals surface area contributed by atoms with Crippen LogP contribution in [-0.2, 0) is 4.79 Å². The first kappa shape index (κ1) is 16.4. The molecule has 110 valence electrons. The fraction of sp³-hybridized carbons (Fsp3) is 0.467. The second kappa shape index (κ2) is 6.70. The third kappa shape index (κ3) is 2.93. The van der Waals surface area contributed by atoms with Crippen LogP contribution in [0.2, 0.25) is 0 Å². The van der Waals surface area contributed by atoms with Crippen molar-refractivity contribution in [1.82, 2.24) is 0 Å². The second-order valence-electron chi connectivity index (χ2n) is 4.72. The predicted octanol–water partition coefficient (Wildman–Crippen LogP) is 2.75. The average Bonchev–Trinajstić information content (AvgIpc) is 2.47. The standard InChI is InChI=1S/C15H22N2O2S/c1-5-15(6-2,13(16)20)14(18)17(3)11-8-7-9-12(10-11)19-4/h7-10H,5-6H2,1-4H3,(H2,16,20). The van der Waals surface area contributed by atoms with Crippen LogP contribution in [0.1, 0.15) is 26.7 Å². The van der Waals surface area contributed by atoms with Crippen LogP contribution in [0, 0.1) is 5.41 Å². The van der Waals surface area contributed by atoms with Crippen molar-refractivity contribution in [1.29, 1.82) is 0 Å². The number of methoxy groups -OCH3 is 1. The smallest absolute Gasteiger partial charge is 0.239 e. The van der Waals surface area contributed by atoms with Gasteiger partial charge in [-0.1, -0.05) is 32.1 Å². The number of hydrogen-bond donors (Lipinski definition) is 1. The molecule has 0 saturated carbocycles. The van der Waals surface area contributed by atoms with E-state index < -0.39 is 5.41 Å². The molecule has 5 heteroatoms. The van der Waals surface area contributed by atoms with Gasteiger partial charge in [-0.15, -0.1) is 0 Å². The highest BCUT2D eigenvalue weighted by atomic mass is 32.1. The van der Waals surface area contributed by atoms with Gasteiger partial charge >= 0.3 is 0 Å². The molecular weight excluding hydrogens is 272 g/mol. The lowest BCUT2D eigenvalue weighted by atomic mass is 9.80. The van der Waals surface area contributed by atoms with Gasteiger partial charge in [0.25, 0.3) is 0 Å². The van der Waals surface area contributed by atoms with Gasteiger partial charge in [0.2, 0.25) is 5.91 Å². The van der Waals surface area contributed by atoms with Gasteiger partial charge in [0.1, 0.15) is 5.75 Å². The Balaban J connectivity index is 3.14. The number of nitrogens with two attached hydrogens (primary N) is 1. The number of benzene rings is 1. The quantitative estimate of drug-likeness (QED) is 0.820. The van der Waals surface area contributed by atoms with Crippen LogP contribution in [0.5, 0.6) is 5.75 Å². The molecule has 0 saturated heterocycles. The average molecular weight is 294 g/mol. The van der Waals surface area contributed by atoms with Crippen LogP contribution in [0.3, 0.4) is 0 Å². The van der Waals surface area contributed by atoms with Crippen molar-refractivity contribution in [2.24, 2.45) is 11.1 Å². The van der Waals surface area contributed by atoms with Crippen LogP contribution in [-0.4, -0.2) is 25.1 Å². The molecule has 20 heavy (non-hydrogen) atoms. The van der Waals surface area contributed by atoms with Crippen molar-refractivity contribution in [3.8, 4) is 5.75 Å². The molecule has 0 aliphatic heterocycles. The molecule has 0 unspecified atom stereocenters. The highest BCUT2D eigenvalue weighted by Gasteiger charge is 2.40. The third-order valence-electron chi connectivity index (χ3n) is 3.83. The predicted molar refractivity (Wildman–Crippen MR) is 86.2 cm³/mol. The number of thiocarbonyl (C=S) groups is 1. The number of amides is 1. The molecule has 1 rings (SSSR count). The summed E-state index contributed by atoms with van der Waals surface area (Å²) in [6.45, 7) is 3.86. The van der Waals surface area contributed by atoms with Crippen molar-refractivity contribution >= 4 is 28.8 Å². The Kier molecular flexibility index (Phi) is 5.51. The molecule has 1 aromatic carbocycles. The van der Waals surface area contributed by atoms with E-state index in [1.165, 1.54) is 0 Å². The minimum atomic E-state index is -0.785. The molecule has 0 heterocycles. The van der Waals surface area contributed by atoms with E-state index in [1.807, 2.05) is 38.1 Å². The Hall–Kier alpha value is -1.62. The van der Waals surface area contributed by atoms with E-state index >= 15 is 0 Å². The first-order valence-electron chi connectivity index (χ1n) is 6.65. The van der Waals surface area contributed by atoms with Gasteiger partial charge in [-0.05, 0) is 25.0 Å². The maximum absolute atomic E-state index is 12.8. The highest BCUT2D eigenvalue weighted by molar-refractivity contribution is 7.80. The van der Waals surface area contributed by atoms with Crippen molar-refractivity contribution in [3.63, 3.8) is 0 Å². The summed E-state index contributed by atoms with van der Waals surface area (Å²) >= 11 is 5.13. The number of rotatable bonds is 6. The van der Waals surface area contributed by atoms with Crippen LogP contribution < -0.4 is 15.4 Å². The van der Waals surface area contributed by atoms with Gasteiger partial charge in [-0.2, -0.15) is 0 Å². The molecule has 0 aliphatic carbocycles. The minimum Gasteiger partial charge on any atom is -0.497 e. The minimum absolute atomic E-state index is 0.0803. The van der Waals surface area contributed by atoms with Gasteiger partial charge in [-0.25, -0.2) is 0 Å². The Morgan fingerprint density at radius 3 is 2.45 bits per heavy atom. The number of hydrogen-bond acceptors (Lipinski definition) is 3. The summed E-state index contributed by atoms with van der Waals surface area (Å²) in [6.07, 6.45) is 1.18. The van der Waals surface area contributed by atoms with Crippen LogP contribution in [0.25, 0.3) is 0 Å². The van der Waals surface area contributed by atoms with Crippen LogP contribution >= 0.6 is 12.2 Å². The third-order valence-corrected chi connectivity index (χ3v) is 4.22. The Bertz CT molecular complexity index is 498. The zero-order chi connectivity index (χ0) is 15.3. The van der Waals surface area contributed by atoms with Gasteiger partial charge < -0.3 is 15.4 Å². The van der Waals surface area contributed by atoms with Crippen LogP contribution in [0.15, 0.2) is 24.3 Å². The molecule has 4 nitrogen and oxygen atoms in total. The molecule has 0 aromatic heterocycles. The van der Waals surface area contributed by atoms with Gasteiger partial charge in [-0.3, -0.25) is 4.79 Å². The number of carbonyl (C=O) groups excluding carboxylic acids is 1. The maximum atomic E-state index is 12.8. The summed E-state index contributed by atoms with van der Waals surface area (Å²) in [5.74, 6) is 0.624. The zero-order valence-electron chi connectivity index (χ0n) is 12.5. The molecular formula is C15H22N2O2S. The first-order chi connectivity index (χ1) is 9.42. The monoisotopic (exact) mass is 294 g/mol. The summed E-state index contributed by atoms with van der Waals surface area (Å²) in [5.41, 5.74) is 5.80. The van der Waals surface area contributed by atoms with Crippen LogP contribution in [0.4, 0.5) is 5.69 Å². The van der Waals surface area contributed by atoms with Crippen molar-refractivity contribution in [2.75, 3.05) is 19.1 Å². The molecule has 2 N–H and O–H groups in total. The molecule has 0 bridgehead atoms. The van der Waals surface area contributed by atoms with Crippen molar-refractivity contribution < 1.29 is 9.53 Å². The van der Waals surface area contributed by atoms with Gasteiger partial charge in [0.05, 0.1) is 17.5 Å².